The zero-order valence-electron chi connectivity index (χ0n) is 15.1. The van der Waals surface area contributed by atoms with Crippen molar-refractivity contribution in [2.75, 3.05) is 6.54 Å². The Morgan fingerprint density at radius 1 is 0.714 bits per heavy atom. The molecule has 0 heterocycles. The molecule has 0 aliphatic rings. The number of rotatable bonds is 8. The van der Waals surface area contributed by atoms with Crippen LogP contribution in [0.4, 0.5) is 0 Å². The quantitative estimate of drug-likeness (QED) is 0.694. The third-order valence-corrected chi connectivity index (χ3v) is 4.24. The monoisotopic (exact) mass is 290 g/mol. The van der Waals surface area contributed by atoms with Gasteiger partial charge in [-0.15, -0.1) is 0 Å². The fraction of sp³-hybridized carbons (Fsp3) is 0.684. The van der Waals surface area contributed by atoms with Crippen LogP contribution in [0.3, 0.4) is 0 Å². The first-order valence-electron chi connectivity index (χ1n) is 8.42. The summed E-state index contributed by atoms with van der Waals surface area (Å²) in [7, 11) is 0. The van der Waals surface area contributed by atoms with Crippen LogP contribution in [0.25, 0.3) is 0 Å². The smallest absolute Gasteiger partial charge is 0.0239 e. The first-order valence-corrected chi connectivity index (χ1v) is 8.42. The van der Waals surface area contributed by atoms with Gasteiger partial charge in [-0.3, -0.25) is 9.80 Å². The van der Waals surface area contributed by atoms with Crippen molar-refractivity contribution in [2.45, 2.75) is 79.7 Å². The minimum atomic E-state index is 0.584. The van der Waals surface area contributed by atoms with Crippen LogP contribution in [0.15, 0.2) is 24.3 Å². The summed E-state index contributed by atoms with van der Waals surface area (Å²) >= 11 is 0. The second-order valence-electron chi connectivity index (χ2n) is 6.83. The van der Waals surface area contributed by atoms with Gasteiger partial charge in [-0.1, -0.05) is 31.2 Å². The van der Waals surface area contributed by atoms with E-state index in [0.29, 0.717) is 18.1 Å². The Hall–Kier alpha value is -0.860. The van der Waals surface area contributed by atoms with Gasteiger partial charge in [0.1, 0.15) is 0 Å². The third-order valence-electron chi connectivity index (χ3n) is 4.24. The predicted molar refractivity (Wildman–Crippen MR) is 93.5 cm³/mol. The zero-order chi connectivity index (χ0) is 16.0. The summed E-state index contributed by atoms with van der Waals surface area (Å²) < 4.78 is 0. The average molecular weight is 290 g/mol. The van der Waals surface area contributed by atoms with E-state index in [9.17, 15) is 0 Å². The van der Waals surface area contributed by atoms with Crippen LogP contribution in [0.2, 0.25) is 0 Å². The standard InChI is InChI=1S/C19H34N2/c1-8-20(15(2)3)13-18-9-11-19(12-10-18)14-21(16(4)5)17(6)7/h9-12,15-17H,8,13-14H2,1-7H3. The highest BCUT2D eigenvalue weighted by Crippen LogP contribution is 2.14. The van der Waals surface area contributed by atoms with E-state index in [1.165, 1.54) is 11.1 Å². The number of hydrogen-bond acceptors (Lipinski definition) is 2. The van der Waals surface area contributed by atoms with Crippen molar-refractivity contribution in [3.63, 3.8) is 0 Å². The highest BCUT2D eigenvalue weighted by molar-refractivity contribution is 5.22. The van der Waals surface area contributed by atoms with Crippen molar-refractivity contribution in [1.82, 2.24) is 9.80 Å². The van der Waals surface area contributed by atoms with Crippen LogP contribution in [0.5, 0.6) is 0 Å². The number of nitrogens with zero attached hydrogens (tertiary/aromatic N) is 2. The van der Waals surface area contributed by atoms with Crippen molar-refractivity contribution in [3.8, 4) is 0 Å². The molecule has 0 radical (unpaired) electrons. The maximum Gasteiger partial charge on any atom is 0.0239 e. The molecule has 0 unspecified atom stereocenters. The number of hydrogen-bond donors (Lipinski definition) is 0. The first kappa shape index (κ1) is 18.2. The highest BCUT2D eigenvalue weighted by Gasteiger charge is 2.14. The van der Waals surface area contributed by atoms with Gasteiger partial charge in [0.05, 0.1) is 0 Å². The van der Waals surface area contributed by atoms with Gasteiger partial charge in [0.2, 0.25) is 0 Å². The molecule has 0 spiro atoms. The van der Waals surface area contributed by atoms with Crippen molar-refractivity contribution < 1.29 is 0 Å². The summed E-state index contributed by atoms with van der Waals surface area (Å²) in [5, 5.41) is 0. The van der Waals surface area contributed by atoms with Crippen molar-refractivity contribution in [3.05, 3.63) is 35.4 Å². The minimum absolute atomic E-state index is 0.584. The van der Waals surface area contributed by atoms with Gasteiger partial charge in [-0.2, -0.15) is 0 Å². The van der Waals surface area contributed by atoms with Gasteiger partial charge in [0.15, 0.2) is 0 Å². The van der Waals surface area contributed by atoms with E-state index in [4.69, 9.17) is 0 Å². The Bertz CT molecular complexity index is 385. The molecule has 1 aromatic rings. The number of benzene rings is 1. The maximum absolute atomic E-state index is 2.53. The summed E-state index contributed by atoms with van der Waals surface area (Å²) in [5.74, 6) is 0. The van der Waals surface area contributed by atoms with E-state index in [0.717, 1.165) is 19.6 Å². The lowest BCUT2D eigenvalue weighted by Crippen LogP contribution is -2.36. The molecule has 0 atom stereocenters. The van der Waals surface area contributed by atoms with E-state index in [-0.39, 0.29) is 0 Å². The second-order valence-corrected chi connectivity index (χ2v) is 6.83. The van der Waals surface area contributed by atoms with E-state index in [2.05, 4.69) is 82.5 Å². The first-order chi connectivity index (χ1) is 9.85. The van der Waals surface area contributed by atoms with E-state index in [1.54, 1.807) is 0 Å². The summed E-state index contributed by atoms with van der Waals surface area (Å²) in [6.45, 7) is 19.1. The molecule has 2 heteroatoms. The molecule has 0 saturated carbocycles. The molecule has 120 valence electrons. The molecule has 0 fully saturated rings. The molecule has 0 bridgehead atoms. The lowest BCUT2D eigenvalue weighted by atomic mass is 10.1. The fourth-order valence-electron chi connectivity index (χ4n) is 2.82. The van der Waals surface area contributed by atoms with Crippen molar-refractivity contribution in [2.24, 2.45) is 0 Å². The molecule has 0 aliphatic heterocycles. The molecule has 1 rings (SSSR count). The Morgan fingerprint density at radius 2 is 1.14 bits per heavy atom. The van der Waals surface area contributed by atoms with Crippen molar-refractivity contribution >= 4 is 0 Å². The van der Waals surface area contributed by atoms with Crippen LogP contribution in [-0.2, 0) is 13.1 Å². The van der Waals surface area contributed by atoms with Crippen LogP contribution in [0.1, 0.15) is 59.6 Å². The summed E-state index contributed by atoms with van der Waals surface area (Å²) in [6.07, 6.45) is 0. The van der Waals surface area contributed by atoms with Gasteiger partial charge in [0.25, 0.3) is 0 Å². The summed E-state index contributed by atoms with van der Waals surface area (Å²) in [6, 6.07) is 10.9. The van der Waals surface area contributed by atoms with Gasteiger partial charge in [0, 0.05) is 31.2 Å². The Morgan fingerprint density at radius 3 is 1.48 bits per heavy atom. The van der Waals surface area contributed by atoms with Crippen LogP contribution in [0, 0.1) is 0 Å². The zero-order valence-corrected chi connectivity index (χ0v) is 15.1. The Labute approximate surface area is 132 Å². The fourth-order valence-corrected chi connectivity index (χ4v) is 2.82. The molecule has 2 nitrogen and oxygen atoms in total. The lowest BCUT2D eigenvalue weighted by molar-refractivity contribution is 0.166. The maximum atomic E-state index is 2.53. The molecule has 0 saturated heterocycles. The van der Waals surface area contributed by atoms with Crippen LogP contribution < -0.4 is 0 Å². The van der Waals surface area contributed by atoms with Gasteiger partial charge in [-0.25, -0.2) is 0 Å². The normalized spacial score (nSPS) is 12.4. The van der Waals surface area contributed by atoms with Gasteiger partial charge < -0.3 is 0 Å². The molecule has 0 amide bonds. The molecule has 0 aliphatic carbocycles. The topological polar surface area (TPSA) is 6.48 Å². The average Bonchev–Trinajstić information content (AvgIpc) is 2.42. The predicted octanol–water partition coefficient (Wildman–Crippen LogP) is 4.54. The largest absolute Gasteiger partial charge is 0.297 e. The molecule has 0 aromatic heterocycles. The lowest BCUT2D eigenvalue weighted by Gasteiger charge is -2.30. The van der Waals surface area contributed by atoms with E-state index >= 15 is 0 Å². The van der Waals surface area contributed by atoms with E-state index in [1.807, 2.05) is 0 Å². The Kier molecular flexibility index (Phi) is 7.41. The molecule has 21 heavy (non-hydrogen) atoms. The van der Waals surface area contributed by atoms with Gasteiger partial charge in [-0.05, 0) is 59.2 Å². The minimum Gasteiger partial charge on any atom is -0.297 e. The molecular weight excluding hydrogens is 256 g/mol. The summed E-state index contributed by atoms with van der Waals surface area (Å²) in [5.41, 5.74) is 2.82. The van der Waals surface area contributed by atoms with Gasteiger partial charge >= 0.3 is 0 Å². The van der Waals surface area contributed by atoms with Crippen LogP contribution in [-0.4, -0.2) is 34.5 Å². The molecule has 0 N–H and O–H groups in total. The highest BCUT2D eigenvalue weighted by atomic mass is 15.2. The Balaban J connectivity index is 2.69. The second kappa shape index (κ2) is 8.55. The van der Waals surface area contributed by atoms with Crippen LogP contribution >= 0.6 is 0 Å². The molecule has 1 aromatic carbocycles. The third kappa shape index (κ3) is 5.80. The SMILES string of the molecule is CCN(Cc1ccc(CN(C(C)C)C(C)C)cc1)C(C)C. The van der Waals surface area contributed by atoms with E-state index < -0.39 is 0 Å². The van der Waals surface area contributed by atoms with Crippen molar-refractivity contribution in [1.29, 1.82) is 0 Å². The molecular formula is C19H34N2. The summed E-state index contributed by atoms with van der Waals surface area (Å²) in [4.78, 5) is 5.02.